The molecule has 1 aromatic carbocycles. The van der Waals surface area contributed by atoms with Crippen molar-refractivity contribution in [1.82, 2.24) is 9.88 Å². The molecular formula is C14H17N3. The zero-order valence-electron chi connectivity index (χ0n) is 10.1. The molecule has 0 unspecified atom stereocenters. The lowest BCUT2D eigenvalue weighted by atomic mass is 10.1. The summed E-state index contributed by atoms with van der Waals surface area (Å²) in [4.78, 5) is 4.46. The predicted octanol–water partition coefficient (Wildman–Crippen LogP) is 2.21. The average Bonchev–Trinajstić information content (AvgIpc) is 2.99. The molecule has 0 aliphatic carbocycles. The van der Waals surface area contributed by atoms with Crippen molar-refractivity contribution in [3.63, 3.8) is 0 Å². The molecule has 2 heterocycles. The van der Waals surface area contributed by atoms with Crippen LogP contribution in [0.2, 0.25) is 0 Å². The van der Waals surface area contributed by atoms with Gasteiger partial charge in [-0.1, -0.05) is 25.1 Å². The third-order valence-electron chi connectivity index (χ3n) is 3.32. The van der Waals surface area contributed by atoms with Crippen LogP contribution >= 0.6 is 0 Å². The van der Waals surface area contributed by atoms with E-state index in [9.17, 15) is 0 Å². The van der Waals surface area contributed by atoms with E-state index in [0.29, 0.717) is 0 Å². The molecule has 0 amide bonds. The Morgan fingerprint density at radius 2 is 2.29 bits per heavy atom. The lowest BCUT2D eigenvalue weighted by Gasteiger charge is -2.09. The number of nitrogens with one attached hydrogen (secondary N) is 1. The number of hydrogen-bond acceptors (Lipinski definition) is 2. The van der Waals surface area contributed by atoms with E-state index in [2.05, 4.69) is 52.3 Å². The zero-order valence-corrected chi connectivity index (χ0v) is 10.1. The van der Waals surface area contributed by atoms with Crippen LogP contribution in [0.4, 0.5) is 0 Å². The number of para-hydroxylation sites is 1. The van der Waals surface area contributed by atoms with E-state index in [1.165, 1.54) is 16.5 Å². The second-order valence-electron chi connectivity index (χ2n) is 4.41. The second-order valence-corrected chi connectivity index (χ2v) is 4.41. The standard InChI is InChI=1S/C14H17N3/c1-2-11-4-3-5-12-6-9-17(14(11)12)10-13-15-7-8-16-13/h3-6,9H,2,7-8,10H2,1H3,(H,15,16). The molecule has 0 fully saturated rings. The number of rotatable bonds is 3. The average molecular weight is 227 g/mol. The normalized spacial score (nSPS) is 15.0. The zero-order chi connectivity index (χ0) is 11.7. The summed E-state index contributed by atoms with van der Waals surface area (Å²) >= 11 is 0. The number of hydrogen-bond donors (Lipinski definition) is 1. The minimum absolute atomic E-state index is 0.862. The van der Waals surface area contributed by atoms with E-state index in [0.717, 1.165) is 31.9 Å². The van der Waals surface area contributed by atoms with Crippen molar-refractivity contribution < 1.29 is 0 Å². The van der Waals surface area contributed by atoms with Crippen molar-refractivity contribution in [3.8, 4) is 0 Å². The van der Waals surface area contributed by atoms with Gasteiger partial charge in [-0.25, -0.2) is 0 Å². The molecule has 0 spiro atoms. The van der Waals surface area contributed by atoms with Gasteiger partial charge in [-0.3, -0.25) is 4.99 Å². The summed E-state index contributed by atoms with van der Waals surface area (Å²) in [6.45, 7) is 4.96. The van der Waals surface area contributed by atoms with Gasteiger partial charge in [-0.2, -0.15) is 0 Å². The Morgan fingerprint density at radius 3 is 3.06 bits per heavy atom. The molecule has 1 N–H and O–H groups in total. The van der Waals surface area contributed by atoms with Gasteiger partial charge in [0.15, 0.2) is 0 Å². The van der Waals surface area contributed by atoms with Crippen LogP contribution in [0, 0.1) is 0 Å². The third-order valence-corrected chi connectivity index (χ3v) is 3.32. The van der Waals surface area contributed by atoms with Gasteiger partial charge in [0.05, 0.1) is 18.6 Å². The SMILES string of the molecule is CCc1cccc2ccn(CC3=NCCN3)c12. The number of nitrogens with zero attached hydrogens (tertiary/aromatic N) is 2. The number of fused-ring (bicyclic) bond motifs is 1. The quantitative estimate of drug-likeness (QED) is 0.856. The molecule has 0 radical (unpaired) electrons. The van der Waals surface area contributed by atoms with Gasteiger partial charge >= 0.3 is 0 Å². The highest BCUT2D eigenvalue weighted by Gasteiger charge is 2.09. The molecule has 3 heteroatoms. The molecule has 0 saturated carbocycles. The monoisotopic (exact) mass is 227 g/mol. The van der Waals surface area contributed by atoms with Crippen molar-refractivity contribution in [1.29, 1.82) is 0 Å². The molecule has 1 aliphatic heterocycles. The summed E-state index contributed by atoms with van der Waals surface area (Å²) in [5.74, 6) is 1.11. The molecule has 1 aromatic heterocycles. The van der Waals surface area contributed by atoms with Crippen molar-refractivity contribution in [2.24, 2.45) is 4.99 Å². The molecule has 2 aromatic rings. The van der Waals surface area contributed by atoms with Gasteiger partial charge in [0, 0.05) is 12.7 Å². The van der Waals surface area contributed by atoms with Crippen LogP contribution in [0.1, 0.15) is 12.5 Å². The molecular weight excluding hydrogens is 210 g/mol. The fraction of sp³-hybridized carbons (Fsp3) is 0.357. The van der Waals surface area contributed by atoms with Crippen molar-refractivity contribution >= 4 is 16.7 Å². The Balaban J connectivity index is 2.04. The highest BCUT2D eigenvalue weighted by atomic mass is 15.1. The van der Waals surface area contributed by atoms with Crippen LogP contribution in [0.5, 0.6) is 0 Å². The van der Waals surface area contributed by atoms with E-state index < -0.39 is 0 Å². The van der Waals surface area contributed by atoms with Crippen LogP contribution < -0.4 is 5.32 Å². The van der Waals surface area contributed by atoms with Crippen LogP contribution in [-0.2, 0) is 13.0 Å². The van der Waals surface area contributed by atoms with Crippen molar-refractivity contribution in [2.75, 3.05) is 13.1 Å². The Labute approximate surface area is 101 Å². The van der Waals surface area contributed by atoms with E-state index in [1.54, 1.807) is 0 Å². The van der Waals surface area contributed by atoms with Gasteiger partial charge in [0.2, 0.25) is 0 Å². The fourth-order valence-electron chi connectivity index (χ4n) is 2.47. The minimum Gasteiger partial charge on any atom is -0.370 e. The largest absolute Gasteiger partial charge is 0.370 e. The first-order valence-corrected chi connectivity index (χ1v) is 6.22. The van der Waals surface area contributed by atoms with E-state index in [-0.39, 0.29) is 0 Å². The highest BCUT2D eigenvalue weighted by Crippen LogP contribution is 2.20. The second kappa shape index (κ2) is 4.24. The summed E-state index contributed by atoms with van der Waals surface area (Å²) in [6.07, 6.45) is 3.23. The van der Waals surface area contributed by atoms with E-state index in [1.807, 2.05) is 0 Å². The Morgan fingerprint density at radius 1 is 1.35 bits per heavy atom. The molecule has 0 saturated heterocycles. The van der Waals surface area contributed by atoms with Crippen LogP contribution in [-0.4, -0.2) is 23.5 Å². The lowest BCUT2D eigenvalue weighted by molar-refractivity contribution is 0.857. The maximum Gasteiger partial charge on any atom is 0.117 e. The summed E-state index contributed by atoms with van der Waals surface area (Å²) in [5.41, 5.74) is 2.76. The van der Waals surface area contributed by atoms with Crippen molar-refractivity contribution in [2.45, 2.75) is 19.9 Å². The first-order valence-electron chi connectivity index (χ1n) is 6.22. The molecule has 0 atom stereocenters. The Kier molecular flexibility index (Phi) is 2.59. The first kappa shape index (κ1) is 10.4. The predicted molar refractivity (Wildman–Crippen MR) is 71.6 cm³/mol. The number of aryl methyl sites for hydroxylation is 1. The molecule has 17 heavy (non-hydrogen) atoms. The molecule has 3 nitrogen and oxygen atoms in total. The minimum atomic E-state index is 0.862. The molecule has 0 bridgehead atoms. The number of benzene rings is 1. The van der Waals surface area contributed by atoms with E-state index in [4.69, 9.17) is 0 Å². The van der Waals surface area contributed by atoms with Gasteiger partial charge in [-0.15, -0.1) is 0 Å². The maximum atomic E-state index is 4.46. The molecule has 88 valence electrons. The van der Waals surface area contributed by atoms with E-state index >= 15 is 0 Å². The van der Waals surface area contributed by atoms with Crippen LogP contribution in [0.3, 0.4) is 0 Å². The summed E-state index contributed by atoms with van der Waals surface area (Å²) in [7, 11) is 0. The van der Waals surface area contributed by atoms with Crippen LogP contribution in [0.15, 0.2) is 35.5 Å². The Hall–Kier alpha value is -1.77. The first-order chi connectivity index (χ1) is 8.38. The topological polar surface area (TPSA) is 29.3 Å². The highest BCUT2D eigenvalue weighted by molar-refractivity contribution is 5.88. The smallest absolute Gasteiger partial charge is 0.117 e. The number of aromatic nitrogens is 1. The maximum absolute atomic E-state index is 4.46. The fourth-order valence-corrected chi connectivity index (χ4v) is 2.47. The van der Waals surface area contributed by atoms with Gasteiger partial charge in [-0.05, 0) is 23.4 Å². The summed E-state index contributed by atoms with van der Waals surface area (Å²) < 4.78 is 2.30. The Bertz CT molecular complexity index is 566. The van der Waals surface area contributed by atoms with Crippen LogP contribution in [0.25, 0.3) is 10.9 Å². The summed E-state index contributed by atoms with van der Waals surface area (Å²) in [5, 5.41) is 4.65. The van der Waals surface area contributed by atoms with Gasteiger partial charge < -0.3 is 9.88 Å². The number of amidine groups is 1. The molecule has 1 aliphatic rings. The number of aliphatic imine (C=N–C) groups is 1. The molecule has 3 rings (SSSR count). The summed E-state index contributed by atoms with van der Waals surface area (Å²) in [6, 6.07) is 8.71. The van der Waals surface area contributed by atoms with Gasteiger partial charge in [0.1, 0.15) is 5.84 Å². The third kappa shape index (κ3) is 1.82. The van der Waals surface area contributed by atoms with Gasteiger partial charge in [0.25, 0.3) is 0 Å². The van der Waals surface area contributed by atoms with Crippen molar-refractivity contribution in [3.05, 3.63) is 36.0 Å². The lowest BCUT2D eigenvalue weighted by Crippen LogP contribution is -2.23.